The maximum absolute atomic E-state index is 5.60. The fraction of sp³-hybridized carbons (Fsp3) is 0.480. The fourth-order valence-corrected chi connectivity index (χ4v) is 4.41. The van der Waals surface area contributed by atoms with Crippen LogP contribution in [0.25, 0.3) is 0 Å². The van der Waals surface area contributed by atoms with Crippen LogP contribution in [-0.4, -0.2) is 76.4 Å². The van der Waals surface area contributed by atoms with Crippen molar-refractivity contribution in [1.29, 1.82) is 0 Å². The van der Waals surface area contributed by atoms with Crippen LogP contribution < -0.4 is 19.5 Å². The van der Waals surface area contributed by atoms with Gasteiger partial charge in [0.25, 0.3) is 0 Å². The van der Waals surface area contributed by atoms with Gasteiger partial charge in [-0.1, -0.05) is 12.1 Å². The molecule has 0 aromatic heterocycles. The van der Waals surface area contributed by atoms with Gasteiger partial charge < -0.3 is 24.4 Å². The van der Waals surface area contributed by atoms with Gasteiger partial charge in [0.1, 0.15) is 17.2 Å². The minimum Gasteiger partial charge on any atom is -0.497 e. The molecule has 1 fully saturated rings. The standard InChI is InChI=1S/C25H34N4O3.HI/c1-26-25(27-10-8-19-4-6-24-20(16-19)9-15-32-24)29-13-11-28(12-14-29)18-21-17-22(30-2)5-7-23(21)31-3;/h4-7,16-17H,8-15,18H2,1-3H3,(H,26,27);1H. The van der Waals surface area contributed by atoms with E-state index >= 15 is 0 Å². The maximum Gasteiger partial charge on any atom is 0.193 e. The zero-order valence-corrected chi connectivity index (χ0v) is 22.1. The summed E-state index contributed by atoms with van der Waals surface area (Å²) in [6, 6.07) is 12.5. The number of fused-ring (bicyclic) bond motifs is 1. The summed E-state index contributed by atoms with van der Waals surface area (Å²) < 4.78 is 16.5. The number of nitrogens with one attached hydrogen (secondary N) is 1. The van der Waals surface area contributed by atoms with Crippen LogP contribution in [0.2, 0.25) is 0 Å². The zero-order chi connectivity index (χ0) is 22.3. The number of rotatable bonds is 7. The van der Waals surface area contributed by atoms with E-state index in [1.165, 1.54) is 11.1 Å². The molecule has 2 heterocycles. The second-order valence-corrected chi connectivity index (χ2v) is 8.21. The Kier molecular flexibility index (Phi) is 9.49. The van der Waals surface area contributed by atoms with E-state index in [2.05, 4.69) is 44.4 Å². The first kappa shape index (κ1) is 25.4. The lowest BCUT2D eigenvalue weighted by molar-refractivity contribution is 0.171. The zero-order valence-electron chi connectivity index (χ0n) is 19.8. The number of hydrogen-bond acceptors (Lipinski definition) is 5. The van der Waals surface area contributed by atoms with Crippen LogP contribution in [0.15, 0.2) is 41.4 Å². The van der Waals surface area contributed by atoms with Crippen LogP contribution in [0.5, 0.6) is 17.2 Å². The first-order chi connectivity index (χ1) is 15.7. The van der Waals surface area contributed by atoms with E-state index < -0.39 is 0 Å². The molecule has 2 aromatic carbocycles. The average molecular weight is 566 g/mol. The predicted molar refractivity (Wildman–Crippen MR) is 143 cm³/mol. The topological polar surface area (TPSA) is 58.6 Å². The average Bonchev–Trinajstić information content (AvgIpc) is 3.30. The van der Waals surface area contributed by atoms with Crippen molar-refractivity contribution in [1.82, 2.24) is 15.1 Å². The summed E-state index contributed by atoms with van der Waals surface area (Å²) in [5.41, 5.74) is 3.83. The summed E-state index contributed by atoms with van der Waals surface area (Å²) in [5.74, 6) is 3.79. The summed E-state index contributed by atoms with van der Waals surface area (Å²) in [6.45, 7) is 6.37. The molecule has 0 unspecified atom stereocenters. The van der Waals surface area contributed by atoms with Gasteiger partial charge in [0.15, 0.2) is 5.96 Å². The molecule has 2 aliphatic heterocycles. The highest BCUT2D eigenvalue weighted by molar-refractivity contribution is 14.0. The Morgan fingerprint density at radius 3 is 2.61 bits per heavy atom. The second kappa shape index (κ2) is 12.3. The summed E-state index contributed by atoms with van der Waals surface area (Å²) >= 11 is 0. The molecule has 33 heavy (non-hydrogen) atoms. The molecule has 0 amide bonds. The maximum atomic E-state index is 5.60. The van der Waals surface area contributed by atoms with Crippen molar-refractivity contribution in [3.05, 3.63) is 53.1 Å². The van der Waals surface area contributed by atoms with Crippen LogP contribution in [0.1, 0.15) is 16.7 Å². The molecule has 0 atom stereocenters. The number of aliphatic imine (C=N–C) groups is 1. The second-order valence-electron chi connectivity index (χ2n) is 8.21. The summed E-state index contributed by atoms with van der Waals surface area (Å²) in [4.78, 5) is 9.31. The third-order valence-corrected chi connectivity index (χ3v) is 6.22. The molecular formula is C25H35IN4O3. The minimum absolute atomic E-state index is 0. The molecule has 1 N–H and O–H groups in total. The summed E-state index contributed by atoms with van der Waals surface area (Å²) in [5, 5.41) is 3.54. The summed E-state index contributed by atoms with van der Waals surface area (Å²) in [7, 11) is 5.28. The van der Waals surface area contributed by atoms with Crippen LogP contribution >= 0.6 is 24.0 Å². The Hall–Kier alpha value is -2.20. The minimum atomic E-state index is 0. The molecular weight excluding hydrogens is 531 g/mol. The Bertz CT molecular complexity index is 945. The Morgan fingerprint density at radius 2 is 1.88 bits per heavy atom. The van der Waals surface area contributed by atoms with Crippen molar-refractivity contribution >= 4 is 29.9 Å². The number of piperazine rings is 1. The van der Waals surface area contributed by atoms with E-state index in [0.717, 1.165) is 87.5 Å². The molecule has 0 bridgehead atoms. The first-order valence-electron chi connectivity index (χ1n) is 11.3. The molecule has 0 spiro atoms. The van der Waals surface area contributed by atoms with Gasteiger partial charge in [0, 0.05) is 58.3 Å². The largest absolute Gasteiger partial charge is 0.497 e. The third-order valence-electron chi connectivity index (χ3n) is 6.22. The number of halogens is 1. The quantitative estimate of drug-likeness (QED) is 0.316. The normalized spacial score (nSPS) is 16.0. The molecule has 1 saturated heterocycles. The van der Waals surface area contributed by atoms with Crippen LogP contribution in [0.3, 0.4) is 0 Å². The third kappa shape index (κ3) is 6.44. The van der Waals surface area contributed by atoms with Gasteiger partial charge in [0.2, 0.25) is 0 Å². The van der Waals surface area contributed by atoms with Crippen molar-refractivity contribution in [2.24, 2.45) is 4.99 Å². The fourth-order valence-electron chi connectivity index (χ4n) is 4.41. The van der Waals surface area contributed by atoms with Crippen molar-refractivity contribution in [3.8, 4) is 17.2 Å². The molecule has 8 heteroatoms. The van der Waals surface area contributed by atoms with Gasteiger partial charge in [-0.2, -0.15) is 0 Å². The lowest BCUT2D eigenvalue weighted by Gasteiger charge is -2.36. The highest BCUT2D eigenvalue weighted by Gasteiger charge is 2.21. The number of hydrogen-bond donors (Lipinski definition) is 1. The Balaban J connectivity index is 0.00000306. The smallest absolute Gasteiger partial charge is 0.193 e. The van der Waals surface area contributed by atoms with E-state index in [-0.39, 0.29) is 24.0 Å². The van der Waals surface area contributed by atoms with Gasteiger partial charge >= 0.3 is 0 Å². The number of nitrogens with zero attached hydrogens (tertiary/aromatic N) is 3. The number of ether oxygens (including phenoxy) is 3. The Labute approximate surface area is 214 Å². The van der Waals surface area contributed by atoms with Crippen LogP contribution in [0, 0.1) is 0 Å². The van der Waals surface area contributed by atoms with E-state index in [0.29, 0.717) is 0 Å². The van der Waals surface area contributed by atoms with E-state index in [1.54, 1.807) is 14.2 Å². The molecule has 2 aliphatic rings. The van der Waals surface area contributed by atoms with Crippen molar-refractivity contribution < 1.29 is 14.2 Å². The van der Waals surface area contributed by atoms with Gasteiger partial charge in [0.05, 0.1) is 20.8 Å². The molecule has 0 aliphatic carbocycles. The molecule has 0 radical (unpaired) electrons. The molecule has 4 rings (SSSR count). The van der Waals surface area contributed by atoms with Crippen LogP contribution in [-0.2, 0) is 19.4 Å². The van der Waals surface area contributed by atoms with Gasteiger partial charge in [-0.25, -0.2) is 0 Å². The number of benzene rings is 2. The van der Waals surface area contributed by atoms with Crippen molar-refractivity contribution in [2.75, 3.05) is 60.6 Å². The lowest BCUT2D eigenvalue weighted by Crippen LogP contribution is -2.52. The number of methoxy groups -OCH3 is 2. The number of guanidine groups is 1. The van der Waals surface area contributed by atoms with Crippen molar-refractivity contribution in [2.45, 2.75) is 19.4 Å². The molecule has 180 valence electrons. The Morgan fingerprint density at radius 1 is 1.06 bits per heavy atom. The van der Waals surface area contributed by atoms with Gasteiger partial charge in [-0.15, -0.1) is 24.0 Å². The van der Waals surface area contributed by atoms with Gasteiger partial charge in [-0.3, -0.25) is 9.89 Å². The van der Waals surface area contributed by atoms with Crippen molar-refractivity contribution in [3.63, 3.8) is 0 Å². The molecule has 2 aromatic rings. The SMILES string of the molecule is CN=C(NCCc1ccc2c(c1)CCO2)N1CCN(Cc2cc(OC)ccc2OC)CC1.I. The molecule has 0 saturated carbocycles. The van der Waals surface area contributed by atoms with Gasteiger partial charge in [-0.05, 0) is 41.8 Å². The summed E-state index contributed by atoms with van der Waals surface area (Å²) in [6.07, 6.45) is 1.99. The monoisotopic (exact) mass is 566 g/mol. The van der Waals surface area contributed by atoms with E-state index in [1.807, 2.05) is 19.2 Å². The van der Waals surface area contributed by atoms with Crippen LogP contribution in [0.4, 0.5) is 0 Å². The predicted octanol–water partition coefficient (Wildman–Crippen LogP) is 3.19. The first-order valence-corrected chi connectivity index (χ1v) is 11.3. The highest BCUT2D eigenvalue weighted by Crippen LogP contribution is 2.26. The van der Waals surface area contributed by atoms with E-state index in [4.69, 9.17) is 14.2 Å². The highest BCUT2D eigenvalue weighted by atomic mass is 127. The lowest BCUT2D eigenvalue weighted by atomic mass is 10.1. The van der Waals surface area contributed by atoms with E-state index in [9.17, 15) is 0 Å². The molecule has 7 nitrogen and oxygen atoms in total.